The SMILES string of the molecule is C#CCc1c(C)nc(C)c(C(=O)Nc2c(CC)cc(I)cc2CC)c1Cl. The highest BCUT2D eigenvalue weighted by Crippen LogP contribution is 2.30. The van der Waals surface area contributed by atoms with Crippen molar-refractivity contribution in [2.75, 3.05) is 5.32 Å². The first-order chi connectivity index (χ1) is 12.3. The number of terminal acetylenes is 1. The molecule has 1 aromatic heterocycles. The number of benzene rings is 1. The monoisotopic (exact) mass is 480 g/mol. The molecule has 0 spiro atoms. The summed E-state index contributed by atoms with van der Waals surface area (Å²) in [6.07, 6.45) is 7.46. The second kappa shape index (κ2) is 8.88. The number of hydrogen-bond donors (Lipinski definition) is 1. The predicted molar refractivity (Wildman–Crippen MR) is 117 cm³/mol. The number of amides is 1. The number of aromatic nitrogens is 1. The molecule has 1 heterocycles. The quantitative estimate of drug-likeness (QED) is 0.453. The third-order valence-electron chi connectivity index (χ3n) is 4.39. The van der Waals surface area contributed by atoms with Gasteiger partial charge in [0.15, 0.2) is 0 Å². The Kier molecular flexibility index (Phi) is 7.08. The summed E-state index contributed by atoms with van der Waals surface area (Å²) < 4.78 is 1.16. The molecule has 2 aromatic rings. The van der Waals surface area contributed by atoms with Crippen molar-refractivity contribution in [2.24, 2.45) is 0 Å². The summed E-state index contributed by atoms with van der Waals surface area (Å²) in [5.41, 5.74) is 5.59. The van der Waals surface area contributed by atoms with E-state index in [1.54, 1.807) is 6.92 Å². The Morgan fingerprint density at radius 1 is 1.23 bits per heavy atom. The van der Waals surface area contributed by atoms with Crippen LogP contribution in [0.3, 0.4) is 0 Å². The van der Waals surface area contributed by atoms with E-state index in [9.17, 15) is 4.79 Å². The highest BCUT2D eigenvalue weighted by Gasteiger charge is 2.21. The van der Waals surface area contributed by atoms with E-state index >= 15 is 0 Å². The summed E-state index contributed by atoms with van der Waals surface area (Å²) in [4.78, 5) is 17.5. The van der Waals surface area contributed by atoms with E-state index in [4.69, 9.17) is 18.0 Å². The molecule has 0 bridgehead atoms. The van der Waals surface area contributed by atoms with Crippen LogP contribution < -0.4 is 5.32 Å². The van der Waals surface area contributed by atoms with Crippen molar-refractivity contribution >= 4 is 45.8 Å². The smallest absolute Gasteiger partial charge is 0.259 e. The number of nitrogens with zero attached hydrogens (tertiary/aromatic N) is 1. The Hall–Kier alpha value is -1.58. The summed E-state index contributed by atoms with van der Waals surface area (Å²) in [5, 5.41) is 3.47. The Bertz CT molecular complexity index is 875. The van der Waals surface area contributed by atoms with E-state index in [1.165, 1.54) is 0 Å². The lowest BCUT2D eigenvalue weighted by Gasteiger charge is -2.18. The van der Waals surface area contributed by atoms with E-state index in [0.717, 1.165) is 44.5 Å². The van der Waals surface area contributed by atoms with Crippen LogP contribution >= 0.6 is 34.2 Å². The molecule has 26 heavy (non-hydrogen) atoms. The van der Waals surface area contributed by atoms with Crippen molar-refractivity contribution in [3.8, 4) is 12.3 Å². The number of nitrogens with one attached hydrogen (secondary N) is 1. The van der Waals surface area contributed by atoms with Crippen LogP contribution in [-0.2, 0) is 19.3 Å². The minimum atomic E-state index is -0.246. The van der Waals surface area contributed by atoms with Crippen molar-refractivity contribution in [1.82, 2.24) is 4.98 Å². The average Bonchev–Trinajstić information content (AvgIpc) is 2.59. The standard InChI is InChI=1S/C21H22ClIN2O/c1-6-9-17-12(4)24-13(5)18(19(17)22)21(26)25-20-14(7-2)10-16(23)11-15(20)8-3/h1,10-11H,7-9H2,2-5H3,(H,25,26). The molecule has 1 N–H and O–H groups in total. The molecular formula is C21H22ClIN2O. The molecule has 3 nitrogen and oxygen atoms in total. The molecule has 0 atom stereocenters. The van der Waals surface area contributed by atoms with Gasteiger partial charge in [-0.15, -0.1) is 12.3 Å². The summed E-state index contributed by atoms with van der Waals surface area (Å²) in [6, 6.07) is 4.20. The first-order valence-corrected chi connectivity index (χ1v) is 10.0. The summed E-state index contributed by atoms with van der Waals surface area (Å²) in [7, 11) is 0. The van der Waals surface area contributed by atoms with E-state index in [1.807, 2.05) is 6.92 Å². The number of anilines is 1. The molecule has 0 radical (unpaired) electrons. The van der Waals surface area contributed by atoms with Crippen LogP contribution in [0.5, 0.6) is 0 Å². The first kappa shape index (κ1) is 20.7. The van der Waals surface area contributed by atoms with Gasteiger partial charge in [0.2, 0.25) is 0 Å². The number of carbonyl (C=O) groups excluding carboxylic acids is 1. The summed E-state index contributed by atoms with van der Waals surface area (Å²) in [6.45, 7) is 7.81. The van der Waals surface area contributed by atoms with Crippen molar-refractivity contribution < 1.29 is 4.79 Å². The van der Waals surface area contributed by atoms with E-state index in [-0.39, 0.29) is 5.91 Å². The van der Waals surface area contributed by atoms with Crippen molar-refractivity contribution in [2.45, 2.75) is 47.0 Å². The molecule has 5 heteroatoms. The van der Waals surface area contributed by atoms with E-state index in [0.29, 0.717) is 22.7 Å². The molecule has 0 fully saturated rings. The van der Waals surface area contributed by atoms with Gasteiger partial charge in [0.05, 0.1) is 16.3 Å². The van der Waals surface area contributed by atoms with Crippen molar-refractivity contribution in [3.63, 3.8) is 0 Å². The van der Waals surface area contributed by atoms with Gasteiger partial charge in [0, 0.05) is 26.9 Å². The van der Waals surface area contributed by atoms with Crippen LogP contribution in [-0.4, -0.2) is 10.9 Å². The normalized spacial score (nSPS) is 10.5. The zero-order valence-corrected chi connectivity index (χ0v) is 18.4. The summed E-state index contributed by atoms with van der Waals surface area (Å²) >= 11 is 8.84. The maximum Gasteiger partial charge on any atom is 0.259 e. The van der Waals surface area contributed by atoms with Gasteiger partial charge in [0.25, 0.3) is 5.91 Å². The number of pyridine rings is 1. The Labute approximate surface area is 174 Å². The van der Waals surface area contributed by atoms with Gasteiger partial charge >= 0.3 is 0 Å². The van der Waals surface area contributed by atoms with Gasteiger partial charge in [-0.2, -0.15) is 0 Å². The van der Waals surface area contributed by atoms with Crippen LogP contribution in [0.1, 0.15) is 52.3 Å². The highest BCUT2D eigenvalue weighted by atomic mass is 127. The number of halogens is 2. The van der Waals surface area contributed by atoms with Crippen LogP contribution in [0.2, 0.25) is 5.02 Å². The molecule has 0 saturated heterocycles. The minimum absolute atomic E-state index is 0.246. The molecule has 0 saturated carbocycles. The van der Waals surface area contributed by atoms with Crippen molar-refractivity contribution in [1.29, 1.82) is 0 Å². The fourth-order valence-corrected chi connectivity index (χ4v) is 4.21. The third-order valence-corrected chi connectivity index (χ3v) is 5.43. The lowest BCUT2D eigenvalue weighted by Crippen LogP contribution is -2.18. The molecule has 1 amide bonds. The molecule has 1 aromatic carbocycles. The second-order valence-corrected chi connectivity index (χ2v) is 7.71. The molecule has 0 aliphatic rings. The number of hydrogen-bond acceptors (Lipinski definition) is 2. The summed E-state index contributed by atoms with van der Waals surface area (Å²) in [5.74, 6) is 2.34. The minimum Gasteiger partial charge on any atom is -0.321 e. The van der Waals surface area contributed by atoms with Crippen LogP contribution in [0.15, 0.2) is 12.1 Å². The highest BCUT2D eigenvalue weighted by molar-refractivity contribution is 14.1. The number of rotatable bonds is 5. The maximum absolute atomic E-state index is 13.1. The van der Waals surface area contributed by atoms with Gasteiger partial charge in [-0.3, -0.25) is 9.78 Å². The topological polar surface area (TPSA) is 42.0 Å². The number of carbonyl (C=O) groups is 1. The molecule has 0 aliphatic heterocycles. The molecule has 0 aliphatic carbocycles. The van der Waals surface area contributed by atoms with E-state index in [2.05, 4.69) is 64.8 Å². The average molecular weight is 481 g/mol. The molecule has 2 rings (SSSR count). The third kappa shape index (κ3) is 4.21. The van der Waals surface area contributed by atoms with Gasteiger partial charge in [-0.25, -0.2) is 0 Å². The van der Waals surface area contributed by atoms with Gasteiger partial charge in [-0.1, -0.05) is 25.4 Å². The second-order valence-electron chi connectivity index (χ2n) is 6.09. The zero-order valence-electron chi connectivity index (χ0n) is 15.5. The van der Waals surface area contributed by atoms with Crippen LogP contribution in [0.4, 0.5) is 5.69 Å². The molecule has 0 unspecified atom stereocenters. The van der Waals surface area contributed by atoms with Gasteiger partial charge in [-0.05, 0) is 72.5 Å². The van der Waals surface area contributed by atoms with Crippen LogP contribution in [0, 0.1) is 29.8 Å². The van der Waals surface area contributed by atoms with Crippen LogP contribution in [0.25, 0.3) is 0 Å². The Morgan fingerprint density at radius 2 is 1.81 bits per heavy atom. The largest absolute Gasteiger partial charge is 0.321 e. The molecule has 136 valence electrons. The Morgan fingerprint density at radius 3 is 2.31 bits per heavy atom. The predicted octanol–water partition coefficient (Wildman–Crippen LogP) is 5.51. The maximum atomic E-state index is 13.1. The lowest BCUT2D eigenvalue weighted by atomic mass is 10.0. The Balaban J connectivity index is 2.53. The zero-order chi connectivity index (χ0) is 19.4. The fraction of sp³-hybridized carbons (Fsp3) is 0.333. The first-order valence-electron chi connectivity index (χ1n) is 8.55. The van der Waals surface area contributed by atoms with Crippen molar-refractivity contribution in [3.05, 3.63) is 54.4 Å². The lowest BCUT2D eigenvalue weighted by molar-refractivity contribution is 0.102. The van der Waals surface area contributed by atoms with Gasteiger partial charge < -0.3 is 5.32 Å². The van der Waals surface area contributed by atoms with E-state index < -0.39 is 0 Å². The number of aryl methyl sites for hydroxylation is 4. The van der Waals surface area contributed by atoms with Gasteiger partial charge in [0.1, 0.15) is 0 Å². The fourth-order valence-electron chi connectivity index (χ4n) is 3.03. The molecular weight excluding hydrogens is 459 g/mol.